The molecule has 0 bridgehead atoms. The lowest BCUT2D eigenvalue weighted by Gasteiger charge is -2.30. The summed E-state index contributed by atoms with van der Waals surface area (Å²) < 4.78 is 14.9. The molecule has 136 valence electrons. The Morgan fingerprint density at radius 3 is 2.36 bits per heavy atom. The lowest BCUT2D eigenvalue weighted by atomic mass is 10.0. The molecule has 1 aliphatic heterocycles. The minimum Gasteiger partial charge on any atom is -0.287 e. The average molecular weight is 378 g/mol. The SMILES string of the molecule is CC(C)c1ccc(S(=O)N2CCCc3cc(Cl)ccc32)cc1.CCC. The summed E-state index contributed by atoms with van der Waals surface area (Å²) >= 11 is 6.07. The molecule has 1 heterocycles. The Balaban J connectivity index is 0.000000701. The zero-order valence-corrected chi connectivity index (χ0v) is 17.2. The number of hydrogen-bond acceptors (Lipinski definition) is 1. The minimum absolute atomic E-state index is 0.486. The van der Waals surface area contributed by atoms with E-state index in [1.165, 1.54) is 17.5 Å². The molecule has 0 radical (unpaired) electrons. The third-order valence-electron chi connectivity index (χ3n) is 4.07. The van der Waals surface area contributed by atoms with Gasteiger partial charge in [0, 0.05) is 11.6 Å². The van der Waals surface area contributed by atoms with Crippen LogP contribution in [0.5, 0.6) is 0 Å². The number of halogens is 1. The normalized spacial score (nSPS) is 14.6. The largest absolute Gasteiger partial charge is 0.287 e. The number of rotatable bonds is 3. The average Bonchev–Trinajstić information content (AvgIpc) is 2.61. The van der Waals surface area contributed by atoms with Gasteiger partial charge in [-0.2, -0.15) is 0 Å². The second-order valence-corrected chi connectivity index (χ2v) is 8.51. The first-order valence-corrected chi connectivity index (χ1v) is 10.5. The lowest BCUT2D eigenvalue weighted by Crippen LogP contribution is -2.31. The molecule has 0 aromatic heterocycles. The Bertz CT molecular complexity index is 712. The predicted molar refractivity (Wildman–Crippen MR) is 110 cm³/mol. The highest BCUT2D eigenvalue weighted by atomic mass is 35.5. The molecule has 2 aromatic carbocycles. The van der Waals surface area contributed by atoms with Crippen molar-refractivity contribution >= 4 is 28.3 Å². The van der Waals surface area contributed by atoms with Crippen LogP contribution >= 0.6 is 11.6 Å². The van der Waals surface area contributed by atoms with Gasteiger partial charge in [0.1, 0.15) is 0 Å². The maximum atomic E-state index is 12.9. The first kappa shape index (κ1) is 20.0. The van der Waals surface area contributed by atoms with Gasteiger partial charge in [-0.25, -0.2) is 4.21 Å². The fourth-order valence-corrected chi connectivity index (χ4v) is 4.27. The van der Waals surface area contributed by atoms with E-state index in [-0.39, 0.29) is 0 Å². The molecule has 0 spiro atoms. The smallest absolute Gasteiger partial charge is 0.152 e. The molecular formula is C21H28ClNOS. The molecule has 0 saturated heterocycles. The number of aryl methyl sites for hydroxylation is 1. The van der Waals surface area contributed by atoms with Crippen molar-refractivity contribution < 1.29 is 4.21 Å². The van der Waals surface area contributed by atoms with Gasteiger partial charge in [0.05, 0.1) is 10.6 Å². The number of fused-ring (bicyclic) bond motifs is 1. The maximum absolute atomic E-state index is 12.9. The van der Waals surface area contributed by atoms with E-state index < -0.39 is 11.0 Å². The van der Waals surface area contributed by atoms with Gasteiger partial charge in [0.15, 0.2) is 11.0 Å². The van der Waals surface area contributed by atoms with Crippen molar-refractivity contribution in [3.63, 3.8) is 0 Å². The maximum Gasteiger partial charge on any atom is 0.152 e. The predicted octanol–water partition coefficient (Wildman–Crippen LogP) is 6.36. The van der Waals surface area contributed by atoms with Crippen molar-refractivity contribution in [1.29, 1.82) is 0 Å². The first-order valence-electron chi connectivity index (χ1n) is 9.05. The molecule has 2 nitrogen and oxygen atoms in total. The van der Waals surface area contributed by atoms with Gasteiger partial charge in [-0.3, -0.25) is 4.31 Å². The first-order chi connectivity index (χ1) is 12.0. The number of nitrogens with zero attached hydrogens (tertiary/aromatic N) is 1. The van der Waals surface area contributed by atoms with Crippen molar-refractivity contribution in [3.8, 4) is 0 Å². The van der Waals surface area contributed by atoms with Crippen LogP contribution in [0.25, 0.3) is 0 Å². The molecule has 0 aliphatic carbocycles. The van der Waals surface area contributed by atoms with Crippen LogP contribution in [-0.4, -0.2) is 10.8 Å². The van der Waals surface area contributed by atoms with E-state index in [9.17, 15) is 4.21 Å². The number of benzene rings is 2. The summed E-state index contributed by atoms with van der Waals surface area (Å²) in [5, 5.41) is 0.743. The van der Waals surface area contributed by atoms with Crippen molar-refractivity contribution in [2.75, 3.05) is 10.8 Å². The quantitative estimate of drug-likeness (QED) is 0.609. The summed E-state index contributed by atoms with van der Waals surface area (Å²) in [6, 6.07) is 14.0. The molecule has 0 fully saturated rings. The standard InChI is InChI=1S/C18H20ClNOS.C3H8/c1-13(2)14-5-8-17(9-6-14)22(21)20-11-3-4-15-12-16(19)7-10-18(15)20;1-3-2/h5-10,12-13H,3-4,11H2,1-2H3;3H2,1-2H3. The van der Waals surface area contributed by atoms with Crippen LogP contribution in [0.15, 0.2) is 47.4 Å². The highest BCUT2D eigenvalue weighted by Crippen LogP contribution is 2.32. The summed E-state index contributed by atoms with van der Waals surface area (Å²) in [4.78, 5) is 0.854. The molecule has 25 heavy (non-hydrogen) atoms. The molecule has 0 saturated carbocycles. The van der Waals surface area contributed by atoms with Crippen LogP contribution in [-0.2, 0) is 17.4 Å². The second kappa shape index (κ2) is 9.40. The van der Waals surface area contributed by atoms with E-state index in [0.29, 0.717) is 5.92 Å². The van der Waals surface area contributed by atoms with Crippen molar-refractivity contribution in [1.82, 2.24) is 0 Å². The highest BCUT2D eigenvalue weighted by Gasteiger charge is 2.22. The summed E-state index contributed by atoms with van der Waals surface area (Å²) in [5.41, 5.74) is 3.50. The topological polar surface area (TPSA) is 20.3 Å². The van der Waals surface area contributed by atoms with E-state index in [0.717, 1.165) is 35.0 Å². The number of hydrogen-bond donors (Lipinski definition) is 0. The third kappa shape index (κ3) is 5.08. The third-order valence-corrected chi connectivity index (χ3v) is 5.76. The Labute approximate surface area is 159 Å². The Morgan fingerprint density at radius 1 is 1.12 bits per heavy atom. The zero-order chi connectivity index (χ0) is 18.4. The van der Waals surface area contributed by atoms with E-state index in [1.807, 2.05) is 34.6 Å². The highest BCUT2D eigenvalue weighted by molar-refractivity contribution is 7.86. The molecule has 2 aromatic rings. The number of anilines is 1. The zero-order valence-electron chi connectivity index (χ0n) is 15.6. The molecule has 4 heteroatoms. The van der Waals surface area contributed by atoms with Crippen LogP contribution in [0.3, 0.4) is 0 Å². The van der Waals surface area contributed by atoms with Crippen LogP contribution in [0.2, 0.25) is 5.02 Å². The van der Waals surface area contributed by atoms with Gasteiger partial charge in [0.25, 0.3) is 0 Å². The van der Waals surface area contributed by atoms with Gasteiger partial charge in [-0.15, -0.1) is 0 Å². The van der Waals surface area contributed by atoms with Gasteiger partial charge in [-0.05, 0) is 60.2 Å². The fourth-order valence-electron chi connectivity index (χ4n) is 2.80. The van der Waals surface area contributed by atoms with Crippen molar-refractivity contribution in [2.24, 2.45) is 0 Å². The van der Waals surface area contributed by atoms with E-state index in [1.54, 1.807) is 0 Å². The Kier molecular flexibility index (Phi) is 7.52. The Hall–Kier alpha value is -1.32. The molecule has 1 atom stereocenters. The summed E-state index contributed by atoms with van der Waals surface area (Å²) in [5.74, 6) is 0.486. The van der Waals surface area contributed by atoms with Crippen LogP contribution in [0.1, 0.15) is 57.6 Å². The van der Waals surface area contributed by atoms with Crippen LogP contribution in [0, 0.1) is 0 Å². The molecule has 1 aliphatic rings. The Morgan fingerprint density at radius 2 is 1.76 bits per heavy atom. The summed E-state index contributed by atoms with van der Waals surface area (Å²) in [6.07, 6.45) is 3.25. The summed E-state index contributed by atoms with van der Waals surface area (Å²) in [7, 11) is -1.17. The van der Waals surface area contributed by atoms with Gasteiger partial charge in [0.2, 0.25) is 0 Å². The van der Waals surface area contributed by atoms with Crippen LogP contribution < -0.4 is 4.31 Å². The molecule has 0 N–H and O–H groups in total. The monoisotopic (exact) mass is 377 g/mol. The van der Waals surface area contributed by atoms with Crippen molar-refractivity contribution in [2.45, 2.75) is 57.8 Å². The van der Waals surface area contributed by atoms with Crippen molar-refractivity contribution in [3.05, 3.63) is 58.6 Å². The molecule has 0 amide bonds. The molecule has 1 unspecified atom stereocenters. The van der Waals surface area contributed by atoms with Gasteiger partial charge < -0.3 is 0 Å². The van der Waals surface area contributed by atoms with E-state index in [2.05, 4.69) is 39.8 Å². The summed E-state index contributed by atoms with van der Waals surface area (Å²) in [6.45, 7) is 9.39. The van der Waals surface area contributed by atoms with E-state index >= 15 is 0 Å². The van der Waals surface area contributed by atoms with Gasteiger partial charge >= 0.3 is 0 Å². The van der Waals surface area contributed by atoms with Gasteiger partial charge in [-0.1, -0.05) is 57.8 Å². The van der Waals surface area contributed by atoms with Crippen LogP contribution in [0.4, 0.5) is 5.69 Å². The minimum atomic E-state index is -1.17. The second-order valence-electron chi connectivity index (χ2n) is 6.66. The molecule has 3 rings (SSSR count). The molecular weight excluding hydrogens is 350 g/mol. The van der Waals surface area contributed by atoms with E-state index in [4.69, 9.17) is 11.6 Å². The lowest BCUT2D eigenvalue weighted by molar-refractivity contribution is 0.672. The fraction of sp³-hybridized carbons (Fsp3) is 0.429.